The molecule has 1 heterocycles. The number of cyclic esters (lactones) is 1. The second kappa shape index (κ2) is 6.34. The van der Waals surface area contributed by atoms with E-state index in [2.05, 4.69) is 6.58 Å². The van der Waals surface area contributed by atoms with Gasteiger partial charge in [-0.1, -0.05) is 50.3 Å². The highest BCUT2D eigenvalue weighted by atomic mass is 16.6. The molecule has 0 N–H and O–H groups in total. The van der Waals surface area contributed by atoms with E-state index in [-0.39, 0.29) is 24.5 Å². The average Bonchev–Trinajstić information content (AvgIpc) is 2.89. The van der Waals surface area contributed by atoms with Crippen LogP contribution in [0.3, 0.4) is 0 Å². The standard InChI is InChI=1S/C18H23NO3/c1-5-18(4,11-14-9-7-6-8-10-14)16(20)19-15(13(2)3)12-22-17(19)21/h5-10,13,15H,1,11-12H2,2-4H3/t15?,18-/m0/s1. The van der Waals surface area contributed by atoms with Crippen molar-refractivity contribution in [3.63, 3.8) is 0 Å². The first-order valence-electron chi connectivity index (χ1n) is 7.57. The van der Waals surface area contributed by atoms with Crippen LogP contribution in [0, 0.1) is 11.3 Å². The largest absolute Gasteiger partial charge is 0.447 e. The third kappa shape index (κ3) is 3.06. The summed E-state index contributed by atoms with van der Waals surface area (Å²) in [7, 11) is 0. The van der Waals surface area contributed by atoms with Gasteiger partial charge in [0.05, 0.1) is 11.5 Å². The quantitative estimate of drug-likeness (QED) is 0.783. The molecule has 2 atom stereocenters. The van der Waals surface area contributed by atoms with Gasteiger partial charge < -0.3 is 4.74 Å². The van der Waals surface area contributed by atoms with Crippen LogP contribution < -0.4 is 0 Å². The predicted octanol–water partition coefficient (Wildman–Crippen LogP) is 3.42. The zero-order valence-corrected chi connectivity index (χ0v) is 13.4. The Bertz CT molecular complexity index is 567. The summed E-state index contributed by atoms with van der Waals surface area (Å²) >= 11 is 0. The molecule has 22 heavy (non-hydrogen) atoms. The molecule has 1 unspecified atom stereocenters. The number of hydrogen-bond acceptors (Lipinski definition) is 3. The van der Waals surface area contributed by atoms with Crippen molar-refractivity contribution in [1.29, 1.82) is 0 Å². The Morgan fingerprint density at radius 1 is 1.45 bits per heavy atom. The maximum Gasteiger partial charge on any atom is 0.417 e. The first-order chi connectivity index (χ1) is 10.4. The number of ether oxygens (including phenoxy) is 1. The number of rotatable bonds is 5. The molecule has 1 saturated heterocycles. The first kappa shape index (κ1) is 16.3. The molecule has 118 valence electrons. The summed E-state index contributed by atoms with van der Waals surface area (Å²) in [5.41, 5.74) is 0.199. The SMILES string of the molecule is C=C[C@@](C)(Cc1ccccc1)C(=O)N1C(=O)OCC1C(C)C. The highest BCUT2D eigenvalue weighted by Gasteiger charge is 2.45. The zero-order chi connectivity index (χ0) is 16.3. The molecule has 2 rings (SSSR count). The summed E-state index contributed by atoms with van der Waals surface area (Å²) in [5.74, 6) is -0.0891. The molecule has 2 amide bonds. The molecule has 4 heteroatoms. The van der Waals surface area contributed by atoms with Crippen LogP contribution in [0.2, 0.25) is 0 Å². The summed E-state index contributed by atoms with van der Waals surface area (Å²) in [6.45, 7) is 9.86. The van der Waals surface area contributed by atoms with E-state index in [4.69, 9.17) is 4.74 Å². The molecule has 1 aromatic rings. The second-order valence-corrected chi connectivity index (χ2v) is 6.35. The third-order valence-corrected chi connectivity index (χ3v) is 4.25. The van der Waals surface area contributed by atoms with Crippen molar-refractivity contribution in [1.82, 2.24) is 4.90 Å². The number of amides is 2. The molecule has 4 nitrogen and oxygen atoms in total. The summed E-state index contributed by atoms with van der Waals surface area (Å²) in [5, 5.41) is 0. The molecule has 1 fully saturated rings. The molecule has 0 saturated carbocycles. The number of benzene rings is 1. The lowest BCUT2D eigenvalue weighted by Gasteiger charge is -2.31. The highest BCUT2D eigenvalue weighted by molar-refractivity contribution is 5.97. The maximum atomic E-state index is 13.0. The van der Waals surface area contributed by atoms with Crippen LogP contribution in [0.1, 0.15) is 26.3 Å². The first-order valence-corrected chi connectivity index (χ1v) is 7.57. The number of hydrogen-bond donors (Lipinski definition) is 0. The molecular weight excluding hydrogens is 278 g/mol. The minimum atomic E-state index is -0.835. The van der Waals surface area contributed by atoms with E-state index >= 15 is 0 Å². The van der Waals surface area contributed by atoms with Gasteiger partial charge in [0.15, 0.2) is 0 Å². The minimum absolute atomic E-state index is 0.154. The summed E-state index contributed by atoms with van der Waals surface area (Å²) in [6.07, 6.45) is 1.58. The van der Waals surface area contributed by atoms with Crippen molar-refractivity contribution in [2.75, 3.05) is 6.61 Å². The molecule has 1 aliphatic rings. The number of imide groups is 1. The van der Waals surface area contributed by atoms with Crippen molar-refractivity contribution >= 4 is 12.0 Å². The monoisotopic (exact) mass is 301 g/mol. The molecule has 0 radical (unpaired) electrons. The van der Waals surface area contributed by atoms with E-state index in [1.807, 2.05) is 51.1 Å². The molecule has 1 aromatic carbocycles. The molecule has 0 spiro atoms. The Kier molecular flexibility index (Phi) is 4.69. The summed E-state index contributed by atoms with van der Waals surface area (Å²) < 4.78 is 5.08. The van der Waals surface area contributed by atoms with E-state index in [9.17, 15) is 9.59 Å². The van der Waals surface area contributed by atoms with Gasteiger partial charge in [0.25, 0.3) is 0 Å². The normalized spacial score (nSPS) is 20.6. The Morgan fingerprint density at radius 2 is 2.09 bits per heavy atom. The summed E-state index contributed by atoms with van der Waals surface area (Å²) in [6, 6.07) is 9.53. The Hall–Kier alpha value is -2.10. The average molecular weight is 301 g/mol. The van der Waals surface area contributed by atoms with E-state index in [1.54, 1.807) is 6.08 Å². The van der Waals surface area contributed by atoms with Gasteiger partial charge >= 0.3 is 6.09 Å². The van der Waals surface area contributed by atoms with Gasteiger partial charge in [-0.25, -0.2) is 9.69 Å². The Balaban J connectivity index is 2.27. The van der Waals surface area contributed by atoms with Crippen molar-refractivity contribution < 1.29 is 14.3 Å². The molecule has 0 aromatic heterocycles. The lowest BCUT2D eigenvalue weighted by molar-refractivity contribution is -0.137. The van der Waals surface area contributed by atoms with E-state index in [0.717, 1.165) is 5.56 Å². The second-order valence-electron chi connectivity index (χ2n) is 6.35. The van der Waals surface area contributed by atoms with Gasteiger partial charge in [-0.3, -0.25) is 4.79 Å². The highest BCUT2D eigenvalue weighted by Crippen LogP contribution is 2.31. The number of nitrogens with zero attached hydrogens (tertiary/aromatic N) is 1. The Morgan fingerprint density at radius 3 is 2.64 bits per heavy atom. The summed E-state index contributed by atoms with van der Waals surface area (Å²) in [4.78, 5) is 26.2. The lowest BCUT2D eigenvalue weighted by Crippen LogP contribution is -2.48. The van der Waals surface area contributed by atoms with Crippen LogP contribution in [0.5, 0.6) is 0 Å². The molecule has 1 aliphatic heterocycles. The van der Waals surface area contributed by atoms with Gasteiger partial charge in [-0.05, 0) is 24.8 Å². The van der Waals surface area contributed by atoms with E-state index < -0.39 is 11.5 Å². The topological polar surface area (TPSA) is 46.6 Å². The molecular formula is C18H23NO3. The van der Waals surface area contributed by atoms with Crippen LogP contribution in [-0.2, 0) is 16.0 Å². The third-order valence-electron chi connectivity index (χ3n) is 4.25. The van der Waals surface area contributed by atoms with E-state index in [0.29, 0.717) is 6.42 Å². The van der Waals surface area contributed by atoms with Gasteiger partial charge in [0.2, 0.25) is 5.91 Å². The Labute approximate surface area is 131 Å². The van der Waals surface area contributed by atoms with Crippen LogP contribution >= 0.6 is 0 Å². The molecule has 0 aliphatic carbocycles. The smallest absolute Gasteiger partial charge is 0.417 e. The van der Waals surface area contributed by atoms with E-state index in [1.165, 1.54) is 4.90 Å². The zero-order valence-electron chi connectivity index (χ0n) is 13.4. The van der Waals surface area contributed by atoms with Crippen LogP contribution in [0.25, 0.3) is 0 Å². The lowest BCUT2D eigenvalue weighted by atomic mass is 9.81. The predicted molar refractivity (Wildman–Crippen MR) is 85.3 cm³/mol. The maximum absolute atomic E-state index is 13.0. The fourth-order valence-corrected chi connectivity index (χ4v) is 2.69. The van der Waals surface area contributed by atoms with Gasteiger partial charge in [-0.15, -0.1) is 6.58 Å². The van der Waals surface area contributed by atoms with Crippen molar-refractivity contribution in [3.05, 3.63) is 48.6 Å². The fraction of sp³-hybridized carbons (Fsp3) is 0.444. The van der Waals surface area contributed by atoms with Gasteiger partial charge in [0.1, 0.15) is 6.61 Å². The van der Waals surface area contributed by atoms with Crippen molar-refractivity contribution in [2.45, 2.75) is 33.2 Å². The fourth-order valence-electron chi connectivity index (χ4n) is 2.69. The van der Waals surface area contributed by atoms with Crippen LogP contribution in [0.4, 0.5) is 4.79 Å². The molecule has 0 bridgehead atoms. The van der Waals surface area contributed by atoms with Gasteiger partial charge in [-0.2, -0.15) is 0 Å². The van der Waals surface area contributed by atoms with Crippen molar-refractivity contribution in [3.8, 4) is 0 Å². The minimum Gasteiger partial charge on any atom is -0.447 e. The van der Waals surface area contributed by atoms with Crippen LogP contribution in [0.15, 0.2) is 43.0 Å². The number of carbonyl (C=O) groups is 2. The van der Waals surface area contributed by atoms with Gasteiger partial charge in [0, 0.05) is 0 Å². The van der Waals surface area contributed by atoms with Crippen molar-refractivity contribution in [2.24, 2.45) is 11.3 Å². The van der Waals surface area contributed by atoms with Crippen LogP contribution in [-0.4, -0.2) is 29.5 Å². The number of carbonyl (C=O) groups excluding carboxylic acids is 2.